The second-order valence-corrected chi connectivity index (χ2v) is 9.41. The van der Waals surface area contributed by atoms with Crippen molar-refractivity contribution in [1.82, 2.24) is 20.3 Å². The number of hydrogen-bond donors (Lipinski definition) is 2. The summed E-state index contributed by atoms with van der Waals surface area (Å²) >= 11 is 0. The van der Waals surface area contributed by atoms with Crippen molar-refractivity contribution in [3.63, 3.8) is 0 Å². The Morgan fingerprint density at radius 3 is 2.34 bits per heavy atom. The molecule has 2 aromatic carbocycles. The van der Waals surface area contributed by atoms with Crippen LogP contribution in [0.5, 0.6) is 0 Å². The maximum Gasteiger partial charge on any atom is 0.417 e. The van der Waals surface area contributed by atoms with E-state index in [1.54, 1.807) is 67.7 Å². The Labute approximate surface area is 233 Å². The molecular weight excluding hydrogens is 531 g/mol. The van der Waals surface area contributed by atoms with Crippen LogP contribution in [0.3, 0.4) is 0 Å². The van der Waals surface area contributed by atoms with E-state index < -0.39 is 17.6 Å². The molecule has 2 amide bonds. The Kier molecular flexibility index (Phi) is 7.47. The molecule has 0 radical (unpaired) electrons. The molecule has 5 aromatic rings. The molecule has 1 atom stereocenters. The third kappa shape index (κ3) is 6.06. The summed E-state index contributed by atoms with van der Waals surface area (Å²) in [5.74, 6) is -0.737. The van der Waals surface area contributed by atoms with E-state index in [4.69, 9.17) is 0 Å². The Bertz CT molecular complexity index is 1740. The summed E-state index contributed by atoms with van der Waals surface area (Å²) in [6.45, 7) is 3.59. The number of carbonyl (C=O) groups excluding carboxylic acids is 2. The van der Waals surface area contributed by atoms with Gasteiger partial charge in [-0.3, -0.25) is 24.5 Å². The molecule has 0 spiro atoms. The average Bonchev–Trinajstić information content (AvgIpc) is 2.96. The van der Waals surface area contributed by atoms with Crippen molar-refractivity contribution in [3.8, 4) is 11.3 Å². The molecule has 0 aliphatic carbocycles. The van der Waals surface area contributed by atoms with E-state index in [1.165, 1.54) is 6.07 Å². The highest BCUT2D eigenvalue weighted by molar-refractivity contribution is 6.09. The summed E-state index contributed by atoms with van der Waals surface area (Å²) in [6.07, 6.45) is -2.09. The fourth-order valence-electron chi connectivity index (χ4n) is 4.38. The average molecular weight is 556 g/mol. The number of alkyl halides is 3. The van der Waals surface area contributed by atoms with Crippen LogP contribution in [0.2, 0.25) is 0 Å². The Balaban J connectivity index is 1.35. The van der Waals surface area contributed by atoms with Gasteiger partial charge in [-0.05, 0) is 62.4 Å². The molecule has 10 heteroatoms. The molecule has 5 rings (SSSR count). The molecule has 0 aliphatic rings. The molecule has 0 saturated heterocycles. The van der Waals surface area contributed by atoms with Crippen molar-refractivity contribution in [2.75, 3.05) is 5.32 Å². The van der Waals surface area contributed by atoms with Crippen molar-refractivity contribution in [2.45, 2.75) is 26.1 Å². The van der Waals surface area contributed by atoms with Gasteiger partial charge in [0.2, 0.25) is 0 Å². The van der Waals surface area contributed by atoms with Crippen LogP contribution >= 0.6 is 0 Å². The number of aromatic nitrogens is 3. The number of benzene rings is 2. The van der Waals surface area contributed by atoms with Crippen molar-refractivity contribution >= 4 is 28.4 Å². The predicted molar refractivity (Wildman–Crippen MR) is 149 cm³/mol. The van der Waals surface area contributed by atoms with Gasteiger partial charge in [0.25, 0.3) is 11.8 Å². The Hall–Kier alpha value is -5.12. The highest BCUT2D eigenvalue weighted by atomic mass is 19.4. The number of amides is 2. The monoisotopic (exact) mass is 555 g/mol. The molecule has 0 bridgehead atoms. The molecule has 3 aromatic heterocycles. The summed E-state index contributed by atoms with van der Waals surface area (Å²) in [5.41, 5.74) is 2.73. The lowest BCUT2D eigenvalue weighted by molar-refractivity contribution is -0.137. The zero-order chi connectivity index (χ0) is 29.1. The number of hydrogen-bond acceptors (Lipinski definition) is 5. The van der Waals surface area contributed by atoms with E-state index in [0.29, 0.717) is 33.4 Å². The van der Waals surface area contributed by atoms with Gasteiger partial charge in [-0.15, -0.1) is 0 Å². The van der Waals surface area contributed by atoms with Gasteiger partial charge >= 0.3 is 6.18 Å². The minimum absolute atomic E-state index is 0.239. The van der Waals surface area contributed by atoms with Gasteiger partial charge in [-0.25, -0.2) is 0 Å². The number of nitrogens with zero attached hydrogens (tertiary/aromatic N) is 3. The van der Waals surface area contributed by atoms with Crippen LogP contribution < -0.4 is 10.6 Å². The Morgan fingerprint density at radius 1 is 0.854 bits per heavy atom. The molecule has 206 valence electrons. The van der Waals surface area contributed by atoms with E-state index in [0.717, 1.165) is 18.0 Å². The number of pyridine rings is 3. The van der Waals surface area contributed by atoms with E-state index in [1.807, 2.05) is 19.1 Å². The molecule has 0 aliphatic heterocycles. The largest absolute Gasteiger partial charge is 0.417 e. The lowest BCUT2D eigenvalue weighted by Crippen LogP contribution is -2.28. The normalized spacial score (nSPS) is 12.1. The third-order valence-electron chi connectivity index (χ3n) is 6.53. The predicted octanol–water partition coefficient (Wildman–Crippen LogP) is 6.76. The molecule has 0 fully saturated rings. The van der Waals surface area contributed by atoms with Crippen LogP contribution in [0.25, 0.3) is 22.2 Å². The van der Waals surface area contributed by atoms with Crippen LogP contribution in [0, 0.1) is 6.92 Å². The van der Waals surface area contributed by atoms with Gasteiger partial charge in [0.15, 0.2) is 0 Å². The van der Waals surface area contributed by atoms with Gasteiger partial charge in [0, 0.05) is 34.6 Å². The molecule has 7 nitrogen and oxygen atoms in total. The van der Waals surface area contributed by atoms with Crippen LogP contribution in [-0.4, -0.2) is 26.8 Å². The van der Waals surface area contributed by atoms with E-state index in [9.17, 15) is 22.8 Å². The summed E-state index contributed by atoms with van der Waals surface area (Å²) in [5, 5.41) is 6.47. The van der Waals surface area contributed by atoms with Gasteiger partial charge in [0.05, 0.1) is 39.8 Å². The van der Waals surface area contributed by atoms with E-state index in [-0.39, 0.29) is 23.2 Å². The smallest absolute Gasteiger partial charge is 0.344 e. The topological polar surface area (TPSA) is 96.9 Å². The maximum atomic E-state index is 13.2. The van der Waals surface area contributed by atoms with Crippen LogP contribution in [0.15, 0.2) is 91.3 Å². The lowest BCUT2D eigenvalue weighted by atomic mass is 10.0. The first-order valence-electron chi connectivity index (χ1n) is 12.7. The highest BCUT2D eigenvalue weighted by Crippen LogP contribution is 2.31. The summed E-state index contributed by atoms with van der Waals surface area (Å²) < 4.78 is 38.9. The third-order valence-corrected chi connectivity index (χ3v) is 6.53. The summed E-state index contributed by atoms with van der Waals surface area (Å²) in [6, 6.07) is 20.8. The molecule has 41 heavy (non-hydrogen) atoms. The quantitative estimate of drug-likeness (QED) is 0.241. The molecular formula is C31H24F3N5O2. The van der Waals surface area contributed by atoms with Gasteiger partial charge < -0.3 is 10.6 Å². The molecule has 1 unspecified atom stereocenters. The minimum Gasteiger partial charge on any atom is -0.344 e. The van der Waals surface area contributed by atoms with Gasteiger partial charge in [0.1, 0.15) is 0 Å². The molecule has 3 heterocycles. The standard InChI is InChI=1S/C31H24F3N5O2/c1-18-25(30(41)38-19(2)26-9-5-6-14-35-26)15-20-10-12-22(16-28(20)37-18)39-29(40)24-8-4-3-7-23(24)27-13-11-21(17-36-27)31(32,33)34/h3-17,19H,1-2H3,(H,38,41)(H,39,40). The van der Waals surface area contributed by atoms with E-state index in [2.05, 4.69) is 25.6 Å². The first-order valence-corrected chi connectivity index (χ1v) is 12.7. The SMILES string of the molecule is Cc1nc2cc(NC(=O)c3ccccc3-c3ccc(C(F)(F)F)cn3)ccc2cc1C(=O)NC(C)c1ccccn1. The van der Waals surface area contributed by atoms with Crippen molar-refractivity contribution in [3.05, 3.63) is 119 Å². The zero-order valence-electron chi connectivity index (χ0n) is 22.0. The summed E-state index contributed by atoms with van der Waals surface area (Å²) in [4.78, 5) is 39.0. The highest BCUT2D eigenvalue weighted by Gasteiger charge is 2.30. The molecule has 0 saturated carbocycles. The van der Waals surface area contributed by atoms with Crippen molar-refractivity contribution in [2.24, 2.45) is 0 Å². The van der Waals surface area contributed by atoms with Crippen LogP contribution in [0.1, 0.15) is 50.6 Å². The number of fused-ring (bicyclic) bond motifs is 1. The number of anilines is 1. The second-order valence-electron chi connectivity index (χ2n) is 9.41. The number of aryl methyl sites for hydroxylation is 1. The second kappa shape index (κ2) is 11.2. The maximum absolute atomic E-state index is 13.2. The summed E-state index contributed by atoms with van der Waals surface area (Å²) in [7, 11) is 0. The number of carbonyl (C=O) groups is 2. The first-order chi connectivity index (χ1) is 19.6. The number of halogens is 3. The lowest BCUT2D eigenvalue weighted by Gasteiger charge is -2.15. The van der Waals surface area contributed by atoms with E-state index >= 15 is 0 Å². The van der Waals surface area contributed by atoms with Crippen molar-refractivity contribution in [1.29, 1.82) is 0 Å². The van der Waals surface area contributed by atoms with Gasteiger partial charge in [-0.1, -0.05) is 30.3 Å². The number of nitrogens with one attached hydrogen (secondary N) is 2. The van der Waals surface area contributed by atoms with Gasteiger partial charge in [-0.2, -0.15) is 13.2 Å². The number of rotatable bonds is 6. The first kappa shape index (κ1) is 27.4. The van der Waals surface area contributed by atoms with Crippen LogP contribution in [0.4, 0.5) is 18.9 Å². The fraction of sp³-hybridized carbons (Fsp3) is 0.129. The Morgan fingerprint density at radius 2 is 1.63 bits per heavy atom. The zero-order valence-corrected chi connectivity index (χ0v) is 22.0. The fourth-order valence-corrected chi connectivity index (χ4v) is 4.38. The molecule has 2 N–H and O–H groups in total. The van der Waals surface area contributed by atoms with Crippen molar-refractivity contribution < 1.29 is 22.8 Å². The van der Waals surface area contributed by atoms with Crippen LogP contribution in [-0.2, 0) is 6.18 Å². The minimum atomic E-state index is -4.51.